The highest BCUT2D eigenvalue weighted by atomic mass is 79.9. The number of amides is 1. The number of halogens is 1. The zero-order chi connectivity index (χ0) is 21.6. The molecule has 154 valence electrons. The highest BCUT2D eigenvalue weighted by molar-refractivity contribution is 9.10. The van der Waals surface area contributed by atoms with Crippen LogP contribution in [0, 0.1) is 0 Å². The summed E-state index contributed by atoms with van der Waals surface area (Å²) < 4.78 is 29.3. The van der Waals surface area contributed by atoms with Crippen molar-refractivity contribution in [3.63, 3.8) is 0 Å². The molecule has 0 unspecified atom stereocenters. The van der Waals surface area contributed by atoms with Crippen LogP contribution in [-0.4, -0.2) is 44.8 Å². The molecule has 1 aromatic heterocycles. The summed E-state index contributed by atoms with van der Waals surface area (Å²) in [7, 11) is -2.68. The van der Waals surface area contributed by atoms with Crippen LogP contribution < -0.4 is 10.6 Å². The number of nitrogens with zero attached hydrogens (tertiary/aromatic N) is 2. The van der Waals surface area contributed by atoms with Crippen LogP contribution in [-0.2, 0) is 10.2 Å². The number of rotatable bonds is 5. The lowest BCUT2D eigenvalue weighted by Gasteiger charge is -2.22. The first kappa shape index (κ1) is 21.8. The van der Waals surface area contributed by atoms with Crippen molar-refractivity contribution < 1.29 is 13.2 Å². The second-order valence-electron chi connectivity index (χ2n) is 8.01. The Kier molecular flexibility index (Phi) is 5.79. The first-order valence-electron chi connectivity index (χ1n) is 9.08. The van der Waals surface area contributed by atoms with Gasteiger partial charge in [-0.25, -0.2) is 3.97 Å². The lowest BCUT2D eigenvalue weighted by atomic mass is 10.1. The van der Waals surface area contributed by atoms with Crippen LogP contribution in [0.25, 0.3) is 10.9 Å². The van der Waals surface area contributed by atoms with Crippen LogP contribution in [0.2, 0.25) is 19.6 Å². The zero-order valence-corrected chi connectivity index (χ0v) is 20.4. The fraction of sp³-hybridized carbons (Fsp3) is 0.250. The SMILES string of the molecule is CN(C)S(=O)(=O)n1c([Si](C)(C)C)cc2c(Br)c(C(=O)Nc3ccccc3)ccc21. The van der Waals surface area contributed by atoms with Crippen molar-refractivity contribution >= 4 is 62.0 Å². The minimum Gasteiger partial charge on any atom is -0.322 e. The van der Waals surface area contributed by atoms with Gasteiger partial charge in [-0.1, -0.05) is 37.8 Å². The molecule has 0 aliphatic rings. The summed E-state index contributed by atoms with van der Waals surface area (Å²) in [6.07, 6.45) is 0. The van der Waals surface area contributed by atoms with Crippen molar-refractivity contribution in [2.45, 2.75) is 19.6 Å². The lowest BCUT2D eigenvalue weighted by molar-refractivity contribution is 0.102. The van der Waals surface area contributed by atoms with Crippen LogP contribution in [0.3, 0.4) is 0 Å². The van der Waals surface area contributed by atoms with Gasteiger partial charge in [0.1, 0.15) is 8.07 Å². The van der Waals surface area contributed by atoms with Crippen LogP contribution >= 0.6 is 15.9 Å². The minimum absolute atomic E-state index is 0.261. The molecule has 0 aliphatic heterocycles. The van der Waals surface area contributed by atoms with E-state index in [1.165, 1.54) is 22.4 Å². The number of hydrogen-bond donors (Lipinski definition) is 1. The van der Waals surface area contributed by atoms with Crippen molar-refractivity contribution in [3.05, 3.63) is 58.6 Å². The molecule has 0 aliphatic carbocycles. The van der Waals surface area contributed by atoms with E-state index in [-0.39, 0.29) is 5.91 Å². The molecule has 0 spiro atoms. The fourth-order valence-electron chi connectivity index (χ4n) is 3.05. The summed E-state index contributed by atoms with van der Waals surface area (Å²) >= 11 is 3.55. The van der Waals surface area contributed by atoms with E-state index in [1.54, 1.807) is 12.1 Å². The Hall–Kier alpha value is -1.94. The van der Waals surface area contributed by atoms with Gasteiger partial charge < -0.3 is 5.32 Å². The Morgan fingerprint density at radius 3 is 2.24 bits per heavy atom. The van der Waals surface area contributed by atoms with E-state index >= 15 is 0 Å². The Morgan fingerprint density at radius 2 is 1.69 bits per heavy atom. The van der Waals surface area contributed by atoms with Gasteiger partial charge in [0.05, 0.1) is 11.1 Å². The number of fused-ring (bicyclic) bond motifs is 1. The number of carbonyl (C=O) groups excluding carboxylic acids is 1. The summed E-state index contributed by atoms with van der Waals surface area (Å²) in [6, 6.07) is 14.4. The molecule has 0 saturated heterocycles. The van der Waals surface area contributed by atoms with Crippen molar-refractivity contribution in [2.75, 3.05) is 19.4 Å². The smallest absolute Gasteiger partial charge is 0.307 e. The molecule has 0 bridgehead atoms. The predicted octanol–water partition coefficient (Wildman–Crippen LogP) is 3.86. The van der Waals surface area contributed by atoms with Gasteiger partial charge in [0.2, 0.25) is 0 Å². The normalized spacial score (nSPS) is 12.5. The molecular formula is C20H24BrN3O3SSi. The van der Waals surface area contributed by atoms with Crippen LogP contribution in [0.1, 0.15) is 10.4 Å². The first-order chi connectivity index (χ1) is 13.4. The average Bonchev–Trinajstić information content (AvgIpc) is 3.04. The molecule has 9 heteroatoms. The largest absolute Gasteiger partial charge is 0.322 e. The monoisotopic (exact) mass is 493 g/mol. The maximum Gasteiger partial charge on any atom is 0.307 e. The first-order valence-corrected chi connectivity index (χ1v) is 14.8. The molecule has 3 rings (SSSR count). The van der Waals surface area contributed by atoms with E-state index < -0.39 is 18.3 Å². The van der Waals surface area contributed by atoms with Crippen LogP contribution in [0.15, 0.2) is 53.0 Å². The number of para-hydroxylation sites is 1. The van der Waals surface area contributed by atoms with Crippen LogP contribution in [0.5, 0.6) is 0 Å². The van der Waals surface area contributed by atoms with E-state index in [9.17, 15) is 13.2 Å². The molecule has 0 saturated carbocycles. The predicted molar refractivity (Wildman–Crippen MR) is 125 cm³/mol. The topological polar surface area (TPSA) is 71.4 Å². The lowest BCUT2D eigenvalue weighted by Crippen LogP contribution is -2.47. The third-order valence-corrected chi connectivity index (χ3v) is 9.31. The molecule has 1 amide bonds. The molecule has 1 N–H and O–H groups in total. The number of benzene rings is 2. The molecule has 0 atom stereocenters. The number of aromatic nitrogens is 1. The van der Waals surface area contributed by atoms with E-state index in [1.807, 2.05) is 36.4 Å². The Labute approximate surface area is 180 Å². The number of nitrogens with one attached hydrogen (secondary N) is 1. The second-order valence-corrected chi connectivity index (χ2v) is 15.8. The minimum atomic E-state index is -3.71. The highest BCUT2D eigenvalue weighted by Crippen LogP contribution is 2.31. The van der Waals surface area contributed by atoms with E-state index in [2.05, 4.69) is 40.9 Å². The van der Waals surface area contributed by atoms with E-state index in [0.29, 0.717) is 26.6 Å². The van der Waals surface area contributed by atoms with Crippen molar-refractivity contribution in [3.8, 4) is 0 Å². The third kappa shape index (κ3) is 4.05. The molecule has 0 radical (unpaired) electrons. The van der Waals surface area contributed by atoms with Crippen molar-refractivity contribution in [1.29, 1.82) is 0 Å². The van der Waals surface area contributed by atoms with Gasteiger partial charge in [-0.3, -0.25) is 4.79 Å². The van der Waals surface area contributed by atoms with Gasteiger partial charge in [-0.2, -0.15) is 12.7 Å². The van der Waals surface area contributed by atoms with E-state index in [0.717, 1.165) is 5.32 Å². The third-order valence-electron chi connectivity index (χ3n) is 4.61. The summed E-state index contributed by atoms with van der Waals surface area (Å²) in [5.41, 5.74) is 1.70. The molecule has 0 fully saturated rings. The number of carbonyl (C=O) groups is 1. The molecule has 2 aromatic carbocycles. The van der Waals surface area contributed by atoms with Crippen LogP contribution in [0.4, 0.5) is 5.69 Å². The van der Waals surface area contributed by atoms with Crippen molar-refractivity contribution in [2.24, 2.45) is 0 Å². The fourth-order valence-corrected chi connectivity index (χ4v) is 7.19. The van der Waals surface area contributed by atoms with Gasteiger partial charge in [-0.05, 0) is 46.3 Å². The standard InChI is InChI=1S/C20H24BrN3O3SSi/c1-23(2)28(26,27)24-17-12-11-15(20(25)22-14-9-7-6-8-10-14)19(21)16(17)13-18(24)29(3,4)5/h6-13H,1-5H3,(H,22,25). The van der Waals surface area contributed by atoms with Gasteiger partial charge in [0, 0.05) is 35.0 Å². The number of hydrogen-bond acceptors (Lipinski definition) is 3. The molecular weight excluding hydrogens is 470 g/mol. The van der Waals surface area contributed by atoms with Gasteiger partial charge in [0.25, 0.3) is 5.91 Å². The number of anilines is 1. The Morgan fingerprint density at radius 1 is 1.07 bits per heavy atom. The summed E-state index contributed by atoms with van der Waals surface area (Å²) in [6.45, 7) is 6.29. The molecule has 1 heterocycles. The zero-order valence-electron chi connectivity index (χ0n) is 17.0. The Bertz CT molecular complexity index is 1180. The molecule has 29 heavy (non-hydrogen) atoms. The van der Waals surface area contributed by atoms with Gasteiger partial charge >= 0.3 is 10.2 Å². The molecule has 3 aromatic rings. The maximum absolute atomic E-state index is 13.1. The Balaban J connectivity index is 2.20. The molecule has 6 nitrogen and oxygen atoms in total. The van der Waals surface area contributed by atoms with Crippen molar-refractivity contribution in [1.82, 2.24) is 8.28 Å². The highest BCUT2D eigenvalue weighted by Gasteiger charge is 2.31. The second kappa shape index (κ2) is 7.71. The quantitative estimate of drug-likeness (QED) is 0.548. The van der Waals surface area contributed by atoms with Gasteiger partial charge in [0.15, 0.2) is 0 Å². The summed E-state index contributed by atoms with van der Waals surface area (Å²) in [5.74, 6) is -0.261. The van der Waals surface area contributed by atoms with E-state index in [4.69, 9.17) is 0 Å². The summed E-state index contributed by atoms with van der Waals surface area (Å²) in [4.78, 5) is 12.8. The average molecular weight is 494 g/mol. The summed E-state index contributed by atoms with van der Waals surface area (Å²) in [5, 5.41) is 4.35. The maximum atomic E-state index is 13.1. The van der Waals surface area contributed by atoms with Gasteiger partial charge in [-0.15, -0.1) is 0 Å².